The van der Waals surface area contributed by atoms with Crippen LogP contribution in [-0.4, -0.2) is 10.5 Å². The van der Waals surface area contributed by atoms with Crippen molar-refractivity contribution in [2.75, 3.05) is 5.32 Å². The van der Waals surface area contributed by atoms with Gasteiger partial charge in [-0.25, -0.2) is 0 Å². The number of nitrogens with zero attached hydrogens (tertiary/aromatic N) is 1. The average Bonchev–Trinajstić information content (AvgIpc) is 2.35. The van der Waals surface area contributed by atoms with Crippen LogP contribution in [-0.2, 0) is 11.3 Å². The second-order valence-electron chi connectivity index (χ2n) is 3.73. The number of amides is 1. The van der Waals surface area contributed by atoms with Gasteiger partial charge >= 0.3 is 0 Å². The predicted octanol–water partition coefficient (Wildman–Crippen LogP) is 2.25. The first-order valence-corrected chi connectivity index (χ1v) is 6.15. The summed E-state index contributed by atoms with van der Waals surface area (Å²) >= 11 is 3.36. The van der Waals surface area contributed by atoms with Crippen LogP contribution in [0.25, 0.3) is 0 Å². The van der Waals surface area contributed by atoms with Gasteiger partial charge in [-0.1, -0.05) is 12.1 Å². The summed E-state index contributed by atoms with van der Waals surface area (Å²) in [5, 5.41) is 2.79. The van der Waals surface area contributed by atoms with E-state index in [-0.39, 0.29) is 17.9 Å². The average molecular weight is 307 g/mol. The van der Waals surface area contributed by atoms with Gasteiger partial charge in [0.05, 0.1) is 5.69 Å². The van der Waals surface area contributed by atoms with E-state index in [0.29, 0.717) is 0 Å². The molecule has 1 heterocycles. The Hall–Kier alpha value is -1.88. The topological polar surface area (TPSA) is 51.1 Å². The standard InChI is InChI=1S/C13H11BrN2O2/c14-11-3-1-2-4-12(11)15-13(18)9-16-7-5-10(17)6-8-16/h1-8H,9H2,(H,15,18). The molecule has 1 aromatic heterocycles. The van der Waals surface area contributed by atoms with Crippen molar-refractivity contribution in [2.45, 2.75) is 6.54 Å². The summed E-state index contributed by atoms with van der Waals surface area (Å²) in [6, 6.07) is 10.2. The van der Waals surface area contributed by atoms with Crippen molar-refractivity contribution in [3.8, 4) is 0 Å². The van der Waals surface area contributed by atoms with Gasteiger partial charge in [0.25, 0.3) is 0 Å². The molecule has 2 rings (SSSR count). The third-order valence-corrected chi connectivity index (χ3v) is 3.03. The summed E-state index contributed by atoms with van der Waals surface area (Å²) < 4.78 is 2.48. The van der Waals surface area contributed by atoms with Gasteiger partial charge in [-0.2, -0.15) is 0 Å². The van der Waals surface area contributed by atoms with Gasteiger partial charge in [0, 0.05) is 29.0 Å². The van der Waals surface area contributed by atoms with E-state index in [9.17, 15) is 9.59 Å². The SMILES string of the molecule is O=C(Cn1ccc(=O)cc1)Nc1ccccc1Br. The van der Waals surface area contributed by atoms with Crippen LogP contribution in [0.5, 0.6) is 0 Å². The summed E-state index contributed by atoms with van der Waals surface area (Å²) in [6.45, 7) is 0.168. The lowest BCUT2D eigenvalue weighted by atomic mass is 10.3. The smallest absolute Gasteiger partial charge is 0.244 e. The van der Waals surface area contributed by atoms with Gasteiger partial charge < -0.3 is 9.88 Å². The van der Waals surface area contributed by atoms with Gasteiger partial charge in [0.2, 0.25) is 5.91 Å². The maximum atomic E-state index is 11.8. The lowest BCUT2D eigenvalue weighted by molar-refractivity contribution is -0.116. The van der Waals surface area contributed by atoms with Crippen LogP contribution >= 0.6 is 15.9 Å². The number of carbonyl (C=O) groups excluding carboxylic acids is 1. The highest BCUT2D eigenvalue weighted by atomic mass is 79.9. The van der Waals surface area contributed by atoms with Crippen molar-refractivity contribution in [2.24, 2.45) is 0 Å². The maximum Gasteiger partial charge on any atom is 0.244 e. The van der Waals surface area contributed by atoms with E-state index < -0.39 is 0 Å². The third kappa shape index (κ3) is 3.30. The van der Waals surface area contributed by atoms with Crippen LogP contribution in [0.2, 0.25) is 0 Å². The summed E-state index contributed by atoms with van der Waals surface area (Å²) in [7, 11) is 0. The molecule has 0 aliphatic carbocycles. The van der Waals surface area contributed by atoms with Crippen LogP contribution in [0.1, 0.15) is 0 Å². The first-order valence-electron chi connectivity index (χ1n) is 5.35. The first kappa shape index (κ1) is 12.6. The molecule has 0 bridgehead atoms. The molecule has 2 aromatic rings. The van der Waals surface area contributed by atoms with E-state index in [2.05, 4.69) is 21.2 Å². The Morgan fingerprint density at radius 2 is 1.83 bits per heavy atom. The Morgan fingerprint density at radius 1 is 1.17 bits per heavy atom. The van der Waals surface area contributed by atoms with Gasteiger partial charge in [0.1, 0.15) is 6.54 Å². The zero-order valence-corrected chi connectivity index (χ0v) is 11.1. The normalized spacial score (nSPS) is 10.1. The van der Waals surface area contributed by atoms with Crippen molar-refractivity contribution in [1.29, 1.82) is 0 Å². The number of hydrogen-bond donors (Lipinski definition) is 1. The van der Waals surface area contributed by atoms with Crippen molar-refractivity contribution in [3.63, 3.8) is 0 Å². The molecule has 0 aliphatic rings. The highest BCUT2D eigenvalue weighted by molar-refractivity contribution is 9.10. The summed E-state index contributed by atoms with van der Waals surface area (Å²) in [5.41, 5.74) is 0.654. The first-order chi connectivity index (χ1) is 8.65. The Morgan fingerprint density at radius 3 is 2.50 bits per heavy atom. The van der Waals surface area contributed by atoms with Crippen molar-refractivity contribution in [3.05, 3.63) is 63.5 Å². The Balaban J connectivity index is 2.03. The Kier molecular flexibility index (Phi) is 3.94. The molecule has 0 fully saturated rings. The lowest BCUT2D eigenvalue weighted by Gasteiger charge is -2.08. The number of aromatic nitrogens is 1. The molecule has 0 unspecified atom stereocenters. The largest absolute Gasteiger partial charge is 0.345 e. The molecule has 1 N–H and O–H groups in total. The van der Waals surface area contributed by atoms with E-state index in [1.807, 2.05) is 24.3 Å². The molecule has 4 nitrogen and oxygen atoms in total. The number of carbonyl (C=O) groups is 1. The molecule has 5 heteroatoms. The number of para-hydroxylation sites is 1. The minimum absolute atomic E-state index is 0.0718. The molecule has 0 saturated heterocycles. The van der Waals surface area contributed by atoms with Crippen LogP contribution in [0.4, 0.5) is 5.69 Å². The fraction of sp³-hybridized carbons (Fsp3) is 0.0769. The minimum Gasteiger partial charge on any atom is -0.345 e. The van der Waals surface area contributed by atoms with E-state index in [0.717, 1.165) is 10.2 Å². The monoisotopic (exact) mass is 306 g/mol. The quantitative estimate of drug-likeness (QED) is 0.945. The van der Waals surface area contributed by atoms with Gasteiger partial charge in [0.15, 0.2) is 5.43 Å². The molecule has 18 heavy (non-hydrogen) atoms. The number of nitrogens with one attached hydrogen (secondary N) is 1. The molecule has 1 aromatic carbocycles. The summed E-state index contributed by atoms with van der Waals surface area (Å²) in [5.74, 6) is -0.148. The van der Waals surface area contributed by atoms with Crippen LogP contribution in [0.3, 0.4) is 0 Å². The van der Waals surface area contributed by atoms with E-state index in [4.69, 9.17) is 0 Å². The van der Waals surface area contributed by atoms with E-state index in [1.54, 1.807) is 17.0 Å². The highest BCUT2D eigenvalue weighted by Crippen LogP contribution is 2.20. The fourth-order valence-corrected chi connectivity index (χ4v) is 1.85. The second kappa shape index (κ2) is 5.64. The molecular formula is C13H11BrN2O2. The fourth-order valence-electron chi connectivity index (χ4n) is 1.47. The molecule has 0 radical (unpaired) electrons. The molecule has 0 spiro atoms. The molecule has 1 amide bonds. The second-order valence-corrected chi connectivity index (χ2v) is 4.59. The van der Waals surface area contributed by atoms with Gasteiger partial charge in [-0.3, -0.25) is 9.59 Å². The van der Waals surface area contributed by atoms with Crippen molar-refractivity contribution in [1.82, 2.24) is 4.57 Å². The Labute approximate surface area is 112 Å². The molecule has 0 aliphatic heterocycles. The summed E-state index contributed by atoms with van der Waals surface area (Å²) in [6.07, 6.45) is 3.17. The van der Waals surface area contributed by atoms with Crippen LogP contribution in [0.15, 0.2) is 58.1 Å². The van der Waals surface area contributed by atoms with Crippen molar-refractivity contribution < 1.29 is 4.79 Å². The zero-order valence-electron chi connectivity index (χ0n) is 9.47. The molecular weight excluding hydrogens is 296 g/mol. The number of anilines is 1. The third-order valence-electron chi connectivity index (χ3n) is 2.33. The van der Waals surface area contributed by atoms with Crippen LogP contribution in [0, 0.1) is 0 Å². The van der Waals surface area contributed by atoms with Crippen molar-refractivity contribution >= 4 is 27.5 Å². The molecule has 92 valence electrons. The predicted molar refractivity (Wildman–Crippen MR) is 73.5 cm³/mol. The van der Waals surface area contributed by atoms with Gasteiger partial charge in [-0.05, 0) is 28.1 Å². The molecule has 0 saturated carbocycles. The Bertz CT molecular complexity index is 602. The van der Waals surface area contributed by atoms with E-state index in [1.165, 1.54) is 12.1 Å². The minimum atomic E-state index is -0.148. The number of halogens is 1. The number of pyridine rings is 1. The number of hydrogen-bond acceptors (Lipinski definition) is 2. The highest BCUT2D eigenvalue weighted by Gasteiger charge is 2.04. The summed E-state index contributed by atoms with van der Waals surface area (Å²) in [4.78, 5) is 22.7. The van der Waals surface area contributed by atoms with Crippen LogP contribution < -0.4 is 10.7 Å². The molecule has 0 atom stereocenters. The van der Waals surface area contributed by atoms with Gasteiger partial charge in [-0.15, -0.1) is 0 Å². The number of benzene rings is 1. The van der Waals surface area contributed by atoms with E-state index >= 15 is 0 Å². The number of rotatable bonds is 3. The maximum absolute atomic E-state index is 11.8. The lowest BCUT2D eigenvalue weighted by Crippen LogP contribution is -2.19. The zero-order chi connectivity index (χ0) is 13.0.